The summed E-state index contributed by atoms with van der Waals surface area (Å²) in [6, 6.07) is 0. The van der Waals surface area contributed by atoms with Crippen LogP contribution in [0.1, 0.15) is 123 Å². The van der Waals surface area contributed by atoms with Crippen LogP contribution in [-0.4, -0.2) is 24.1 Å². The average Bonchev–Trinajstić information content (AvgIpc) is 2.66. The monoisotopic (exact) mass is 382 g/mol. The van der Waals surface area contributed by atoms with Crippen molar-refractivity contribution in [2.45, 2.75) is 135 Å². The average molecular weight is 383 g/mol. The first kappa shape index (κ1) is 24.0. The molecule has 27 heavy (non-hydrogen) atoms. The van der Waals surface area contributed by atoms with Gasteiger partial charge in [-0.25, -0.2) is 0 Å². The van der Waals surface area contributed by atoms with Crippen LogP contribution in [0.4, 0.5) is 0 Å². The zero-order chi connectivity index (χ0) is 19.7. The molecule has 4 nitrogen and oxygen atoms in total. The summed E-state index contributed by atoms with van der Waals surface area (Å²) in [6.45, 7) is 4.43. The first-order valence-electron chi connectivity index (χ1n) is 11.5. The zero-order valence-electron chi connectivity index (χ0n) is 17.8. The number of carbonyl (C=O) groups excluding carboxylic acids is 2. The van der Waals surface area contributed by atoms with Gasteiger partial charge in [-0.3, -0.25) is 9.59 Å². The van der Waals surface area contributed by atoms with Gasteiger partial charge in [0.15, 0.2) is 0 Å². The minimum absolute atomic E-state index is 0.00624. The topological polar surface area (TPSA) is 52.6 Å². The van der Waals surface area contributed by atoms with Gasteiger partial charge < -0.3 is 9.47 Å². The third-order valence-corrected chi connectivity index (χ3v) is 5.42. The molecule has 2 saturated heterocycles. The van der Waals surface area contributed by atoms with Crippen molar-refractivity contribution in [3.8, 4) is 0 Å². The summed E-state index contributed by atoms with van der Waals surface area (Å²) in [5.41, 5.74) is 0. The van der Waals surface area contributed by atoms with Gasteiger partial charge >= 0.3 is 11.9 Å². The van der Waals surface area contributed by atoms with Gasteiger partial charge in [-0.15, -0.1) is 0 Å². The molecule has 2 aliphatic rings. The Balaban J connectivity index is 0.000000271. The smallest absolute Gasteiger partial charge is 0.306 e. The van der Waals surface area contributed by atoms with Crippen LogP contribution in [0.5, 0.6) is 0 Å². The van der Waals surface area contributed by atoms with Gasteiger partial charge in [-0.1, -0.05) is 58.8 Å². The van der Waals surface area contributed by atoms with Crippen molar-refractivity contribution >= 4 is 11.9 Å². The van der Waals surface area contributed by atoms with Crippen LogP contribution in [0.2, 0.25) is 0 Å². The minimum Gasteiger partial charge on any atom is -0.462 e. The fourth-order valence-electron chi connectivity index (χ4n) is 3.74. The molecule has 2 fully saturated rings. The normalized spacial score (nSPS) is 22.4. The largest absolute Gasteiger partial charge is 0.462 e. The summed E-state index contributed by atoms with van der Waals surface area (Å²) in [7, 11) is 0. The molecule has 2 rings (SSSR count). The van der Waals surface area contributed by atoms with Crippen LogP contribution >= 0.6 is 0 Å². The number of unbranched alkanes of at least 4 members (excludes halogenated alkanes) is 7. The van der Waals surface area contributed by atoms with E-state index in [1.54, 1.807) is 0 Å². The van der Waals surface area contributed by atoms with Gasteiger partial charge in [0, 0.05) is 12.8 Å². The SMILES string of the molecule is CCCCCCC1CCCC(=O)O1.CCCCCCCC1CCCC(=O)O1. The molecular weight excluding hydrogens is 340 g/mol. The third kappa shape index (κ3) is 12.9. The van der Waals surface area contributed by atoms with E-state index < -0.39 is 0 Å². The molecule has 0 spiro atoms. The number of ether oxygens (including phenoxy) is 2. The third-order valence-electron chi connectivity index (χ3n) is 5.42. The second-order valence-corrected chi connectivity index (χ2v) is 8.06. The second kappa shape index (κ2) is 15.9. The molecule has 2 aliphatic heterocycles. The number of cyclic esters (lactones) is 2. The van der Waals surface area contributed by atoms with Crippen molar-refractivity contribution < 1.29 is 19.1 Å². The summed E-state index contributed by atoms with van der Waals surface area (Å²) >= 11 is 0. The van der Waals surface area contributed by atoms with E-state index in [9.17, 15) is 9.59 Å². The van der Waals surface area contributed by atoms with Crippen LogP contribution in [0.3, 0.4) is 0 Å². The Morgan fingerprint density at radius 2 is 1.07 bits per heavy atom. The van der Waals surface area contributed by atoms with Crippen LogP contribution in [0, 0.1) is 0 Å². The van der Waals surface area contributed by atoms with Gasteiger partial charge in [-0.2, -0.15) is 0 Å². The second-order valence-electron chi connectivity index (χ2n) is 8.06. The minimum atomic E-state index is 0.00624. The molecule has 0 radical (unpaired) electrons. The summed E-state index contributed by atoms with van der Waals surface area (Å²) < 4.78 is 10.5. The van der Waals surface area contributed by atoms with Gasteiger partial charge in [0.1, 0.15) is 12.2 Å². The van der Waals surface area contributed by atoms with Gasteiger partial charge in [0.25, 0.3) is 0 Å². The van der Waals surface area contributed by atoms with Crippen molar-refractivity contribution in [1.82, 2.24) is 0 Å². The van der Waals surface area contributed by atoms with Gasteiger partial charge in [0.05, 0.1) is 0 Å². The summed E-state index contributed by atoms with van der Waals surface area (Å²) in [4.78, 5) is 21.9. The number of hydrogen-bond acceptors (Lipinski definition) is 4. The van der Waals surface area contributed by atoms with Crippen molar-refractivity contribution in [3.63, 3.8) is 0 Å². The van der Waals surface area contributed by atoms with E-state index in [1.807, 2.05) is 0 Å². The van der Waals surface area contributed by atoms with E-state index >= 15 is 0 Å². The Morgan fingerprint density at radius 1 is 0.667 bits per heavy atom. The maximum absolute atomic E-state index is 11.0. The maximum atomic E-state index is 11.0. The van der Waals surface area contributed by atoms with E-state index in [1.165, 1.54) is 57.8 Å². The lowest BCUT2D eigenvalue weighted by molar-refractivity contribution is -0.155. The number of carbonyl (C=O) groups is 2. The Labute approximate surface area is 166 Å². The lowest BCUT2D eigenvalue weighted by atomic mass is 10.0. The molecule has 2 unspecified atom stereocenters. The summed E-state index contributed by atoms with van der Waals surface area (Å²) in [6.07, 6.45) is 19.6. The van der Waals surface area contributed by atoms with Crippen LogP contribution in [-0.2, 0) is 19.1 Å². The Bertz CT molecular complexity index is 394. The van der Waals surface area contributed by atoms with Crippen LogP contribution in [0.25, 0.3) is 0 Å². The molecule has 0 bridgehead atoms. The molecule has 4 heteroatoms. The zero-order valence-corrected chi connectivity index (χ0v) is 17.8. The van der Waals surface area contributed by atoms with Gasteiger partial charge in [0.2, 0.25) is 0 Å². The highest BCUT2D eigenvalue weighted by Crippen LogP contribution is 2.20. The highest BCUT2D eigenvalue weighted by Gasteiger charge is 2.20. The molecule has 0 aromatic rings. The van der Waals surface area contributed by atoms with Crippen molar-refractivity contribution in [2.75, 3.05) is 0 Å². The molecule has 2 atom stereocenters. The lowest BCUT2D eigenvalue weighted by Crippen LogP contribution is -2.23. The Hall–Kier alpha value is -1.06. The quantitative estimate of drug-likeness (QED) is 0.302. The van der Waals surface area contributed by atoms with Crippen molar-refractivity contribution in [3.05, 3.63) is 0 Å². The Morgan fingerprint density at radius 3 is 1.48 bits per heavy atom. The van der Waals surface area contributed by atoms with E-state index in [0.29, 0.717) is 12.8 Å². The fraction of sp³-hybridized carbons (Fsp3) is 0.913. The number of hydrogen-bond donors (Lipinski definition) is 0. The maximum Gasteiger partial charge on any atom is 0.306 e. The van der Waals surface area contributed by atoms with Crippen molar-refractivity contribution in [1.29, 1.82) is 0 Å². The summed E-state index contributed by atoms with van der Waals surface area (Å²) in [5.74, 6) is 0.0153. The van der Waals surface area contributed by atoms with E-state index in [0.717, 1.165) is 38.5 Å². The molecule has 0 N–H and O–H groups in total. The standard InChI is InChI=1S/C12H22O2.C11H20O2/c1-2-3-4-5-6-8-11-9-7-10-12(13)14-11;1-2-3-4-5-7-10-8-6-9-11(12)13-10/h11H,2-10H2,1H3;10H,2-9H2,1H3. The van der Waals surface area contributed by atoms with E-state index in [4.69, 9.17) is 9.47 Å². The first-order chi connectivity index (χ1) is 13.2. The molecule has 0 aliphatic carbocycles. The van der Waals surface area contributed by atoms with E-state index in [2.05, 4.69) is 13.8 Å². The number of esters is 2. The molecular formula is C23H42O4. The molecule has 0 aromatic carbocycles. The first-order valence-corrected chi connectivity index (χ1v) is 11.5. The fourth-order valence-corrected chi connectivity index (χ4v) is 3.74. The summed E-state index contributed by atoms with van der Waals surface area (Å²) in [5, 5.41) is 0. The predicted molar refractivity (Wildman–Crippen MR) is 110 cm³/mol. The Kier molecular flexibility index (Phi) is 14.2. The van der Waals surface area contributed by atoms with Gasteiger partial charge in [-0.05, 0) is 51.4 Å². The predicted octanol–water partition coefficient (Wildman–Crippen LogP) is 6.50. The molecule has 0 aromatic heterocycles. The lowest BCUT2D eigenvalue weighted by Gasteiger charge is -2.21. The number of rotatable bonds is 11. The van der Waals surface area contributed by atoms with Crippen LogP contribution in [0.15, 0.2) is 0 Å². The van der Waals surface area contributed by atoms with E-state index in [-0.39, 0.29) is 24.1 Å². The molecule has 0 saturated carbocycles. The highest BCUT2D eigenvalue weighted by molar-refractivity contribution is 5.70. The molecule has 158 valence electrons. The van der Waals surface area contributed by atoms with Crippen molar-refractivity contribution in [2.24, 2.45) is 0 Å². The van der Waals surface area contributed by atoms with Crippen LogP contribution < -0.4 is 0 Å². The highest BCUT2D eigenvalue weighted by atomic mass is 16.5. The molecule has 0 amide bonds. The molecule has 2 heterocycles.